The molecule has 0 saturated carbocycles. The average Bonchev–Trinajstić information content (AvgIpc) is 2.97. The van der Waals surface area contributed by atoms with Crippen molar-refractivity contribution in [2.45, 2.75) is 65.3 Å². The maximum atomic E-state index is 13.6. The molecule has 1 aliphatic heterocycles. The molecule has 2 aromatic carbocycles. The van der Waals surface area contributed by atoms with E-state index in [0.717, 1.165) is 34.6 Å². The van der Waals surface area contributed by atoms with Crippen LogP contribution >= 0.6 is 0 Å². The van der Waals surface area contributed by atoms with E-state index < -0.39 is 72.9 Å². The molecular weight excluding hydrogens is 608 g/mol. The Morgan fingerprint density at radius 1 is 0.717 bits per heavy atom. The fourth-order valence-corrected chi connectivity index (χ4v) is 4.47. The smallest absolute Gasteiger partial charge is 0.308 e. The van der Waals surface area contributed by atoms with Gasteiger partial charge in [0.15, 0.2) is 18.0 Å². The van der Waals surface area contributed by atoms with E-state index in [9.17, 15) is 28.8 Å². The number of carbonyl (C=O) groups is 6. The lowest BCUT2D eigenvalue weighted by Gasteiger charge is -2.44. The molecule has 0 radical (unpaired) electrons. The molecule has 1 aliphatic rings. The molecular formula is C32H34O14. The van der Waals surface area contributed by atoms with Crippen molar-refractivity contribution >= 4 is 41.7 Å². The summed E-state index contributed by atoms with van der Waals surface area (Å²) < 4.78 is 43.8. The van der Waals surface area contributed by atoms with Crippen molar-refractivity contribution in [3.05, 3.63) is 59.7 Å². The first kappa shape index (κ1) is 35.2. The molecule has 1 heterocycles. The molecule has 3 rings (SSSR count). The SMILES string of the molecule is COc1ccc(C=CC(=O)c2c(OC(C)=O)cccc2O[C@@H]2O[C@H](COC(C)=O)[C@@H](OC(C)=O)[C@H](OC(C)=O)[C@H]2OC(C)=O)cc1. The van der Waals surface area contributed by atoms with Crippen molar-refractivity contribution in [2.75, 3.05) is 13.7 Å². The van der Waals surface area contributed by atoms with Crippen LogP contribution in [0.1, 0.15) is 50.5 Å². The fourth-order valence-electron chi connectivity index (χ4n) is 4.47. The number of allylic oxidation sites excluding steroid dienone is 1. The fraction of sp³-hybridized carbons (Fsp3) is 0.375. The molecule has 0 aromatic heterocycles. The number of ketones is 1. The number of ether oxygens (including phenoxy) is 8. The molecule has 0 amide bonds. The van der Waals surface area contributed by atoms with Gasteiger partial charge in [-0.25, -0.2) is 0 Å². The Morgan fingerprint density at radius 2 is 1.30 bits per heavy atom. The lowest BCUT2D eigenvalue weighted by atomic mass is 9.98. The number of benzene rings is 2. The molecule has 14 heteroatoms. The number of rotatable bonds is 12. The Bertz CT molecular complexity index is 1480. The molecule has 0 aliphatic carbocycles. The van der Waals surface area contributed by atoms with Crippen molar-refractivity contribution in [3.8, 4) is 17.2 Å². The van der Waals surface area contributed by atoms with E-state index in [1.165, 1.54) is 37.5 Å². The zero-order chi connectivity index (χ0) is 34.0. The van der Waals surface area contributed by atoms with Gasteiger partial charge in [0.05, 0.1) is 7.11 Å². The second kappa shape index (κ2) is 16.2. The lowest BCUT2D eigenvalue weighted by Crippen LogP contribution is -2.63. The van der Waals surface area contributed by atoms with E-state index >= 15 is 0 Å². The van der Waals surface area contributed by atoms with Gasteiger partial charge >= 0.3 is 29.8 Å². The van der Waals surface area contributed by atoms with Gasteiger partial charge in [0.2, 0.25) is 12.4 Å². The molecule has 0 N–H and O–H groups in total. The van der Waals surface area contributed by atoms with Crippen LogP contribution in [0, 0.1) is 0 Å². The summed E-state index contributed by atoms with van der Waals surface area (Å²) in [6.45, 7) is 5.05. The number of hydrogen-bond acceptors (Lipinski definition) is 14. The van der Waals surface area contributed by atoms with Crippen LogP contribution in [0.5, 0.6) is 17.2 Å². The van der Waals surface area contributed by atoms with E-state index in [1.807, 2.05) is 0 Å². The third-order valence-corrected chi connectivity index (χ3v) is 6.22. The number of methoxy groups -OCH3 is 1. The standard InChI is InChI=1S/C32H34O14/c1-17(33)40-16-27-29(42-19(3)35)30(43-20(4)36)31(44-21(5)37)32(46-27)45-26-9-7-8-25(41-18(2)34)28(26)24(38)15-12-22-10-13-23(39-6)14-11-22/h7-15,27,29-32H,16H2,1-6H3/t27-,29-,30+,31-,32-/m1/s1. The van der Waals surface area contributed by atoms with E-state index in [2.05, 4.69) is 0 Å². The zero-order valence-electron chi connectivity index (χ0n) is 26.0. The van der Waals surface area contributed by atoms with E-state index in [1.54, 1.807) is 24.3 Å². The highest BCUT2D eigenvalue weighted by Gasteiger charge is 2.53. The first-order chi connectivity index (χ1) is 21.8. The summed E-state index contributed by atoms with van der Waals surface area (Å²) in [7, 11) is 1.52. The van der Waals surface area contributed by atoms with E-state index in [-0.39, 0.29) is 17.1 Å². The van der Waals surface area contributed by atoms with Crippen LogP contribution in [0.2, 0.25) is 0 Å². The Kier molecular flexibility index (Phi) is 12.4. The molecule has 1 saturated heterocycles. The van der Waals surface area contributed by atoms with Gasteiger partial charge in [-0.3, -0.25) is 28.8 Å². The Balaban J connectivity index is 2.10. The van der Waals surface area contributed by atoms with Gasteiger partial charge in [0.1, 0.15) is 35.5 Å². The van der Waals surface area contributed by atoms with Crippen molar-refractivity contribution in [2.24, 2.45) is 0 Å². The van der Waals surface area contributed by atoms with E-state index in [0.29, 0.717) is 11.3 Å². The maximum absolute atomic E-state index is 13.6. The van der Waals surface area contributed by atoms with Crippen molar-refractivity contribution in [3.63, 3.8) is 0 Å². The quantitative estimate of drug-likeness (QED) is 0.109. The van der Waals surface area contributed by atoms with Gasteiger partial charge in [0, 0.05) is 34.6 Å². The highest BCUT2D eigenvalue weighted by molar-refractivity contribution is 6.10. The summed E-state index contributed by atoms with van der Waals surface area (Å²) in [5.74, 6) is -4.25. The summed E-state index contributed by atoms with van der Waals surface area (Å²) >= 11 is 0. The third kappa shape index (κ3) is 9.89. The summed E-state index contributed by atoms with van der Waals surface area (Å²) in [5, 5.41) is 0. The number of esters is 5. The van der Waals surface area contributed by atoms with Crippen molar-refractivity contribution < 1.29 is 66.7 Å². The van der Waals surface area contributed by atoms with Gasteiger partial charge in [0.25, 0.3) is 0 Å². The average molecular weight is 643 g/mol. The molecule has 0 unspecified atom stereocenters. The lowest BCUT2D eigenvalue weighted by molar-refractivity contribution is -0.288. The minimum atomic E-state index is -1.63. The Labute approximate surface area is 264 Å². The minimum absolute atomic E-state index is 0.153. The van der Waals surface area contributed by atoms with Crippen LogP contribution in [-0.2, 0) is 47.7 Å². The largest absolute Gasteiger partial charge is 0.497 e. The maximum Gasteiger partial charge on any atom is 0.308 e. The molecule has 0 bridgehead atoms. The van der Waals surface area contributed by atoms with E-state index in [4.69, 9.17) is 37.9 Å². The number of carbonyl (C=O) groups excluding carboxylic acids is 6. The zero-order valence-corrected chi connectivity index (χ0v) is 26.0. The third-order valence-electron chi connectivity index (χ3n) is 6.22. The molecule has 246 valence electrons. The van der Waals surface area contributed by atoms with Gasteiger partial charge < -0.3 is 37.9 Å². The molecule has 14 nitrogen and oxygen atoms in total. The highest BCUT2D eigenvalue weighted by atomic mass is 16.7. The number of hydrogen-bond donors (Lipinski definition) is 0. The summed E-state index contributed by atoms with van der Waals surface area (Å²) in [5.41, 5.74) is 0.455. The van der Waals surface area contributed by atoms with Crippen LogP contribution in [0.25, 0.3) is 6.08 Å². The first-order valence-corrected chi connectivity index (χ1v) is 13.9. The molecule has 1 fully saturated rings. The second-order valence-corrected chi connectivity index (χ2v) is 9.88. The second-order valence-electron chi connectivity index (χ2n) is 9.88. The topological polar surface area (TPSA) is 176 Å². The first-order valence-electron chi connectivity index (χ1n) is 13.9. The van der Waals surface area contributed by atoms with Crippen LogP contribution in [0.15, 0.2) is 48.5 Å². The monoisotopic (exact) mass is 642 g/mol. The minimum Gasteiger partial charge on any atom is -0.497 e. The summed E-state index contributed by atoms with van der Waals surface area (Å²) in [4.78, 5) is 73.5. The van der Waals surface area contributed by atoms with Crippen LogP contribution in [-0.4, -0.2) is 80.1 Å². The van der Waals surface area contributed by atoms with Gasteiger partial charge in [-0.1, -0.05) is 24.3 Å². The predicted octanol–water partition coefficient (Wildman–Crippen LogP) is 2.98. The molecule has 5 atom stereocenters. The van der Waals surface area contributed by atoms with Gasteiger partial charge in [-0.05, 0) is 35.9 Å². The highest BCUT2D eigenvalue weighted by Crippen LogP contribution is 2.35. The van der Waals surface area contributed by atoms with Crippen molar-refractivity contribution in [1.82, 2.24) is 0 Å². The normalized spacial score (nSPS) is 20.6. The van der Waals surface area contributed by atoms with Crippen LogP contribution < -0.4 is 14.2 Å². The summed E-state index contributed by atoms with van der Waals surface area (Å²) in [6, 6.07) is 11.0. The molecule has 0 spiro atoms. The van der Waals surface area contributed by atoms with Crippen molar-refractivity contribution in [1.29, 1.82) is 0 Å². The van der Waals surface area contributed by atoms with Gasteiger partial charge in [-0.2, -0.15) is 0 Å². The van der Waals surface area contributed by atoms with Crippen LogP contribution in [0.3, 0.4) is 0 Å². The van der Waals surface area contributed by atoms with Gasteiger partial charge in [-0.15, -0.1) is 0 Å². The predicted molar refractivity (Wildman–Crippen MR) is 157 cm³/mol. The van der Waals surface area contributed by atoms with Crippen LogP contribution in [0.4, 0.5) is 0 Å². The Hall–Kier alpha value is -5.24. The molecule has 46 heavy (non-hydrogen) atoms. The summed E-state index contributed by atoms with van der Waals surface area (Å²) in [6.07, 6.45) is -4.66. The Morgan fingerprint density at radius 3 is 1.87 bits per heavy atom. The molecule has 2 aromatic rings.